The van der Waals surface area contributed by atoms with Crippen molar-refractivity contribution in [2.75, 3.05) is 62.4 Å². The van der Waals surface area contributed by atoms with Gasteiger partial charge in [-0.05, 0) is 75.4 Å². The highest BCUT2D eigenvalue weighted by atomic mass is 35.5. The molecule has 0 bridgehead atoms. The number of nitrogens with zero attached hydrogens (tertiary/aromatic N) is 10. The quantitative estimate of drug-likeness (QED) is 0.123. The first-order valence-electron chi connectivity index (χ1n) is 20.5. The second-order valence-electron chi connectivity index (χ2n) is 16.1. The lowest BCUT2D eigenvalue weighted by molar-refractivity contribution is 0.192. The van der Waals surface area contributed by atoms with Gasteiger partial charge < -0.3 is 48.9 Å². The Bertz CT molecular complexity index is 2480. The molecule has 2 saturated carbocycles. The minimum Gasteiger partial charge on any atom is -0.494 e. The molecule has 16 nitrogen and oxygen atoms in total. The molecule has 0 radical (unpaired) electrons. The van der Waals surface area contributed by atoms with Crippen LogP contribution in [0.4, 0.5) is 29.0 Å². The Morgan fingerprint density at radius 3 is 1.72 bits per heavy atom. The second-order valence-corrected chi connectivity index (χ2v) is 16.4. The predicted molar refractivity (Wildman–Crippen MR) is 237 cm³/mol. The van der Waals surface area contributed by atoms with Crippen LogP contribution in [0.3, 0.4) is 0 Å². The number of likely N-dealkylation sites (N-methyl/N-ethyl adjacent to an activating group) is 2. The third-order valence-electron chi connectivity index (χ3n) is 12.2. The molecule has 4 aromatic heterocycles. The van der Waals surface area contributed by atoms with Gasteiger partial charge in [0.25, 0.3) is 0 Å². The van der Waals surface area contributed by atoms with E-state index in [1.54, 1.807) is 45.3 Å². The number of imidazole rings is 2. The average molecular weight is 849 g/mol. The zero-order valence-electron chi connectivity index (χ0n) is 35.6. The summed E-state index contributed by atoms with van der Waals surface area (Å²) in [5.74, 6) is 5.17. The number of ether oxygens (including phenoxy) is 4. The van der Waals surface area contributed by atoms with E-state index in [0.29, 0.717) is 18.2 Å². The maximum Gasteiger partial charge on any atom is 0.229 e. The molecule has 4 aliphatic rings. The molecular formula is C44H53ClN12O4. The van der Waals surface area contributed by atoms with Gasteiger partial charge in [-0.3, -0.25) is 0 Å². The van der Waals surface area contributed by atoms with Gasteiger partial charge >= 0.3 is 0 Å². The Morgan fingerprint density at radius 1 is 0.689 bits per heavy atom. The summed E-state index contributed by atoms with van der Waals surface area (Å²) in [5, 5.41) is 3.58. The molecule has 3 N–H and O–H groups in total. The van der Waals surface area contributed by atoms with E-state index in [1.165, 1.54) is 38.5 Å². The molecule has 17 heteroatoms. The van der Waals surface area contributed by atoms with Crippen molar-refractivity contribution in [2.24, 2.45) is 0 Å². The van der Waals surface area contributed by atoms with Crippen LogP contribution in [0.2, 0.25) is 5.28 Å². The summed E-state index contributed by atoms with van der Waals surface area (Å²) >= 11 is 5.83. The summed E-state index contributed by atoms with van der Waals surface area (Å²) in [4.78, 5) is 30.4. The van der Waals surface area contributed by atoms with Gasteiger partial charge in [-0.15, -0.1) is 0 Å². The summed E-state index contributed by atoms with van der Waals surface area (Å²) in [7, 11) is 7.49. The molecule has 61 heavy (non-hydrogen) atoms. The molecule has 0 amide bonds. The zero-order chi connectivity index (χ0) is 42.7. The zero-order valence-corrected chi connectivity index (χ0v) is 36.3. The second kappa shape index (κ2) is 17.4. The molecule has 320 valence electrons. The fraction of sp³-hybridized carbons (Fsp3) is 0.409. The molecule has 2 aliphatic heterocycles. The fourth-order valence-electron chi connectivity index (χ4n) is 8.65. The van der Waals surface area contributed by atoms with E-state index in [1.807, 2.05) is 65.7 Å². The number of aromatic nitrogens is 8. The molecule has 10 rings (SSSR count). The molecule has 2 aliphatic carbocycles. The normalized spacial score (nSPS) is 16.6. The van der Waals surface area contributed by atoms with Gasteiger partial charge in [-0.2, -0.15) is 9.97 Å². The SMILES string of the molecule is CN1c2nc(Cl)ncc2OCC12CCCC2.COc1cc(N)ccc1-n1cnc(C)c1.COc1cc(Nc2ncc3c(n2)N(C)C2(CCCC2)CO3)ccc1-n1cnc(C)c1. The fourth-order valence-corrected chi connectivity index (χ4v) is 8.78. The van der Waals surface area contributed by atoms with E-state index in [4.69, 9.17) is 41.3 Å². The molecule has 6 heterocycles. The summed E-state index contributed by atoms with van der Waals surface area (Å²) < 4.78 is 26.5. The number of nitrogens with two attached hydrogens (primary N) is 1. The molecule has 2 aromatic carbocycles. The van der Waals surface area contributed by atoms with Crippen molar-refractivity contribution in [2.45, 2.75) is 76.3 Å². The number of nitrogens with one attached hydrogen (secondary N) is 1. The number of fused-ring (bicyclic) bond motifs is 2. The monoisotopic (exact) mass is 848 g/mol. The molecule has 0 saturated heterocycles. The van der Waals surface area contributed by atoms with Crippen LogP contribution in [0.25, 0.3) is 11.4 Å². The summed E-state index contributed by atoms with van der Waals surface area (Å²) in [5.41, 5.74) is 11.2. The smallest absolute Gasteiger partial charge is 0.229 e. The van der Waals surface area contributed by atoms with Crippen LogP contribution in [0.5, 0.6) is 23.0 Å². The molecule has 2 spiro atoms. The van der Waals surface area contributed by atoms with E-state index < -0.39 is 0 Å². The topological polar surface area (TPSA) is 169 Å². The van der Waals surface area contributed by atoms with Crippen molar-refractivity contribution in [1.29, 1.82) is 0 Å². The lowest BCUT2D eigenvalue weighted by Gasteiger charge is -2.43. The minimum atomic E-state index is 0.0619. The van der Waals surface area contributed by atoms with Crippen LogP contribution in [-0.2, 0) is 0 Å². The predicted octanol–water partition coefficient (Wildman–Crippen LogP) is 7.91. The van der Waals surface area contributed by atoms with E-state index in [2.05, 4.69) is 54.1 Å². The van der Waals surface area contributed by atoms with Crippen LogP contribution < -0.4 is 39.8 Å². The van der Waals surface area contributed by atoms with Crippen LogP contribution >= 0.6 is 11.6 Å². The van der Waals surface area contributed by atoms with Crippen molar-refractivity contribution >= 4 is 40.6 Å². The van der Waals surface area contributed by atoms with Gasteiger partial charge in [-0.25, -0.2) is 19.9 Å². The van der Waals surface area contributed by atoms with Crippen LogP contribution in [0.15, 0.2) is 73.8 Å². The number of benzene rings is 2. The van der Waals surface area contributed by atoms with Crippen LogP contribution in [-0.4, -0.2) is 91.6 Å². The highest BCUT2D eigenvalue weighted by molar-refractivity contribution is 6.28. The third kappa shape index (κ3) is 8.54. The lowest BCUT2D eigenvalue weighted by Crippen LogP contribution is -2.52. The summed E-state index contributed by atoms with van der Waals surface area (Å²) in [6.45, 7) is 5.35. The maximum atomic E-state index is 6.02. The van der Waals surface area contributed by atoms with Crippen molar-refractivity contribution < 1.29 is 18.9 Å². The first kappa shape index (κ1) is 41.4. The third-order valence-corrected chi connectivity index (χ3v) is 12.4. The highest BCUT2D eigenvalue weighted by Crippen LogP contribution is 2.45. The first-order valence-corrected chi connectivity index (χ1v) is 20.9. The number of anilines is 5. The Kier molecular flexibility index (Phi) is 11.8. The number of methoxy groups -OCH3 is 2. The average Bonchev–Trinajstić information content (AvgIpc) is 4.12. The Balaban J connectivity index is 0.000000139. The molecule has 0 unspecified atom stereocenters. The van der Waals surface area contributed by atoms with E-state index >= 15 is 0 Å². The number of hydrogen-bond acceptors (Lipinski definition) is 14. The molecular weight excluding hydrogens is 796 g/mol. The Hall–Kier alpha value is -6.29. The highest BCUT2D eigenvalue weighted by Gasteiger charge is 2.44. The standard InChI is InChI=1S/C22H26N6O2.C11H14ClN3O.C11H13N3O/c1-15-12-28(14-24-15)17-7-6-16(10-18(17)29-3)25-21-23-11-19-20(26-21)27(2)22(13-30-19)8-4-5-9-22;1-15-9-8(6-13-10(12)14-9)16-7-11(15)4-2-3-5-11;1-8-6-14(7-13-8)10-4-3-9(12)5-11(10)15-2/h6-7,10-12,14H,4-5,8-9,13H2,1-3H3,(H,23,25,26);6H,2-5,7H2,1H3;3-7H,12H2,1-2H3. The van der Waals surface area contributed by atoms with Crippen molar-refractivity contribution in [1.82, 2.24) is 39.0 Å². The summed E-state index contributed by atoms with van der Waals surface area (Å²) in [6, 6.07) is 11.5. The van der Waals surface area contributed by atoms with Gasteiger partial charge in [0.15, 0.2) is 23.1 Å². The van der Waals surface area contributed by atoms with E-state index in [0.717, 1.165) is 82.5 Å². The van der Waals surface area contributed by atoms with Crippen molar-refractivity contribution in [3.8, 4) is 34.4 Å². The van der Waals surface area contributed by atoms with E-state index in [9.17, 15) is 0 Å². The Labute approximate surface area is 361 Å². The molecule has 6 aromatic rings. The number of halogens is 1. The number of aryl methyl sites for hydroxylation is 2. The van der Waals surface area contributed by atoms with Gasteiger partial charge in [-0.1, -0.05) is 25.7 Å². The van der Waals surface area contributed by atoms with Crippen molar-refractivity contribution in [3.05, 3.63) is 90.5 Å². The van der Waals surface area contributed by atoms with Crippen LogP contribution in [0, 0.1) is 13.8 Å². The van der Waals surface area contributed by atoms with Crippen LogP contribution in [0.1, 0.15) is 62.8 Å². The first-order chi connectivity index (χ1) is 29.5. The molecule has 2 fully saturated rings. The number of nitrogen functional groups attached to an aromatic ring is 1. The largest absolute Gasteiger partial charge is 0.494 e. The number of rotatable bonds is 6. The molecule has 0 atom stereocenters. The van der Waals surface area contributed by atoms with Gasteiger partial charge in [0.05, 0.1) is 73.1 Å². The minimum absolute atomic E-state index is 0.0619. The van der Waals surface area contributed by atoms with Gasteiger partial charge in [0, 0.05) is 50.0 Å². The maximum absolute atomic E-state index is 6.02. The number of hydrogen-bond donors (Lipinski definition) is 2. The lowest BCUT2D eigenvalue weighted by atomic mass is 9.95. The van der Waals surface area contributed by atoms with E-state index in [-0.39, 0.29) is 16.4 Å². The van der Waals surface area contributed by atoms with Gasteiger partial charge in [0.1, 0.15) is 24.7 Å². The Morgan fingerprint density at radius 2 is 1.20 bits per heavy atom. The van der Waals surface area contributed by atoms with Gasteiger partial charge in [0.2, 0.25) is 11.2 Å². The van der Waals surface area contributed by atoms with Crippen molar-refractivity contribution in [3.63, 3.8) is 0 Å². The summed E-state index contributed by atoms with van der Waals surface area (Å²) in [6.07, 6.45) is 20.5.